The average molecular weight is 246 g/mol. The third-order valence-electron chi connectivity index (χ3n) is 3.08. The monoisotopic (exact) mass is 246 g/mol. The molecule has 1 atom stereocenters. The Balaban J connectivity index is 2.31. The number of nitrogens with zero attached hydrogens (tertiary/aromatic N) is 1. The molecule has 0 radical (unpaired) electrons. The Morgan fingerprint density at radius 2 is 2.18 bits per heavy atom. The number of benzene rings is 1. The highest BCUT2D eigenvalue weighted by Crippen LogP contribution is 2.37. The molecular weight excluding hydrogens is 233 g/mol. The molecule has 1 aliphatic rings. The first-order valence-corrected chi connectivity index (χ1v) is 5.18. The number of anilines is 1. The Bertz CT molecular complexity index is 420. The van der Waals surface area contributed by atoms with E-state index in [4.69, 9.17) is 5.90 Å². The fraction of sp³-hybridized carbons (Fsp3) is 0.455. The molecule has 0 amide bonds. The van der Waals surface area contributed by atoms with E-state index in [0.717, 1.165) is 11.6 Å². The Morgan fingerprint density at radius 1 is 1.47 bits per heavy atom. The Labute approximate surface area is 96.9 Å². The van der Waals surface area contributed by atoms with Crippen molar-refractivity contribution < 1.29 is 18.0 Å². The molecule has 0 aliphatic carbocycles. The average Bonchev–Trinajstić information content (AvgIpc) is 2.55. The van der Waals surface area contributed by atoms with Crippen LogP contribution in [0.4, 0.5) is 18.9 Å². The van der Waals surface area contributed by atoms with E-state index in [2.05, 4.69) is 4.84 Å². The second kappa shape index (κ2) is 4.19. The highest BCUT2D eigenvalue weighted by molar-refractivity contribution is 5.60. The molecule has 94 valence electrons. The van der Waals surface area contributed by atoms with Crippen molar-refractivity contribution in [1.29, 1.82) is 0 Å². The van der Waals surface area contributed by atoms with Crippen molar-refractivity contribution in [3.8, 4) is 0 Å². The Hall–Kier alpha value is -1.27. The summed E-state index contributed by atoms with van der Waals surface area (Å²) in [6, 6.07) is 3.80. The molecule has 0 fully saturated rings. The molecule has 3 nitrogen and oxygen atoms in total. The zero-order valence-corrected chi connectivity index (χ0v) is 9.29. The summed E-state index contributed by atoms with van der Waals surface area (Å²) < 4.78 is 37.7. The summed E-state index contributed by atoms with van der Waals surface area (Å²) in [5.74, 6) is 5.00. The molecule has 1 aromatic carbocycles. The number of nitrogens with two attached hydrogens (primary N) is 1. The third kappa shape index (κ3) is 2.23. The first-order valence-electron chi connectivity index (χ1n) is 5.18. The van der Waals surface area contributed by atoms with Crippen LogP contribution in [0.2, 0.25) is 0 Å². The van der Waals surface area contributed by atoms with E-state index in [0.29, 0.717) is 18.7 Å². The Kier molecular flexibility index (Phi) is 3.01. The molecule has 1 heterocycles. The van der Waals surface area contributed by atoms with E-state index in [1.165, 1.54) is 12.1 Å². The van der Waals surface area contributed by atoms with Gasteiger partial charge < -0.3 is 9.74 Å². The second-order valence-electron chi connectivity index (χ2n) is 4.14. The maximum atomic E-state index is 12.6. The zero-order chi connectivity index (χ0) is 12.6. The number of halogens is 3. The predicted octanol–water partition coefficient (Wildman–Crippen LogP) is 1.96. The predicted molar refractivity (Wildman–Crippen MR) is 57.5 cm³/mol. The van der Waals surface area contributed by atoms with E-state index >= 15 is 0 Å². The lowest BCUT2D eigenvalue weighted by atomic mass is 10.1. The minimum atomic E-state index is -4.31. The first-order chi connectivity index (χ1) is 7.93. The van der Waals surface area contributed by atoms with Crippen LogP contribution in [0.3, 0.4) is 0 Å². The number of fused-ring (bicyclic) bond motifs is 1. The van der Waals surface area contributed by atoms with Crippen molar-refractivity contribution in [3.05, 3.63) is 29.3 Å². The molecule has 0 aromatic heterocycles. The number of alkyl halides is 3. The summed E-state index contributed by atoms with van der Waals surface area (Å²) in [5.41, 5.74) is 0.863. The SMILES string of the molecule is CN1c2cc(C(F)(F)F)ccc2CC1CON. The molecule has 1 aromatic rings. The van der Waals surface area contributed by atoms with Crippen molar-refractivity contribution in [1.82, 2.24) is 0 Å². The Morgan fingerprint density at radius 3 is 2.76 bits per heavy atom. The van der Waals surface area contributed by atoms with Gasteiger partial charge in [-0.05, 0) is 24.1 Å². The minimum Gasteiger partial charge on any atom is -0.369 e. The van der Waals surface area contributed by atoms with E-state index in [-0.39, 0.29) is 6.04 Å². The van der Waals surface area contributed by atoms with Crippen molar-refractivity contribution in [2.24, 2.45) is 5.90 Å². The van der Waals surface area contributed by atoms with Crippen molar-refractivity contribution >= 4 is 5.69 Å². The summed E-state index contributed by atoms with van der Waals surface area (Å²) >= 11 is 0. The number of rotatable bonds is 2. The van der Waals surface area contributed by atoms with Crippen molar-refractivity contribution in [2.45, 2.75) is 18.6 Å². The summed E-state index contributed by atoms with van der Waals surface area (Å²) in [6.45, 7) is 0.298. The zero-order valence-electron chi connectivity index (χ0n) is 9.29. The molecule has 0 spiro atoms. The van der Waals surface area contributed by atoms with Gasteiger partial charge in [-0.15, -0.1) is 0 Å². The van der Waals surface area contributed by atoms with Crippen LogP contribution in [0.1, 0.15) is 11.1 Å². The number of likely N-dealkylation sites (N-methyl/N-ethyl adjacent to an activating group) is 1. The smallest absolute Gasteiger partial charge is 0.369 e. The first kappa shape index (κ1) is 12.2. The molecular formula is C11H13F3N2O. The van der Waals surface area contributed by atoms with Gasteiger partial charge in [-0.3, -0.25) is 0 Å². The normalized spacial score (nSPS) is 19.6. The van der Waals surface area contributed by atoms with E-state index in [1.807, 2.05) is 0 Å². The van der Waals surface area contributed by atoms with Gasteiger partial charge in [0.15, 0.2) is 0 Å². The molecule has 0 bridgehead atoms. The van der Waals surface area contributed by atoms with Crippen LogP contribution >= 0.6 is 0 Å². The van der Waals surface area contributed by atoms with Gasteiger partial charge >= 0.3 is 6.18 Å². The summed E-state index contributed by atoms with van der Waals surface area (Å²) in [6.07, 6.45) is -3.65. The van der Waals surface area contributed by atoms with Crippen LogP contribution in [0.15, 0.2) is 18.2 Å². The molecule has 1 aliphatic heterocycles. The quantitative estimate of drug-likeness (QED) is 0.811. The molecule has 2 rings (SSSR count). The van der Waals surface area contributed by atoms with Gasteiger partial charge in [0.25, 0.3) is 0 Å². The van der Waals surface area contributed by atoms with E-state index in [1.54, 1.807) is 11.9 Å². The van der Waals surface area contributed by atoms with E-state index < -0.39 is 11.7 Å². The van der Waals surface area contributed by atoms with Crippen LogP contribution in [-0.2, 0) is 17.4 Å². The molecule has 6 heteroatoms. The lowest BCUT2D eigenvalue weighted by Crippen LogP contribution is -2.33. The molecule has 17 heavy (non-hydrogen) atoms. The van der Waals surface area contributed by atoms with Crippen molar-refractivity contribution in [3.63, 3.8) is 0 Å². The second-order valence-corrected chi connectivity index (χ2v) is 4.14. The van der Waals surface area contributed by atoms with Gasteiger partial charge in [-0.1, -0.05) is 6.07 Å². The van der Waals surface area contributed by atoms with Gasteiger partial charge in [-0.2, -0.15) is 13.2 Å². The number of hydrogen-bond acceptors (Lipinski definition) is 3. The van der Waals surface area contributed by atoms with Crippen LogP contribution in [0.25, 0.3) is 0 Å². The van der Waals surface area contributed by atoms with Gasteiger partial charge in [0.05, 0.1) is 18.2 Å². The summed E-state index contributed by atoms with van der Waals surface area (Å²) in [4.78, 5) is 6.34. The fourth-order valence-corrected chi connectivity index (χ4v) is 2.11. The lowest BCUT2D eigenvalue weighted by Gasteiger charge is -2.21. The van der Waals surface area contributed by atoms with Crippen LogP contribution in [-0.4, -0.2) is 19.7 Å². The molecule has 2 N–H and O–H groups in total. The molecule has 0 saturated heterocycles. The maximum absolute atomic E-state index is 12.6. The highest BCUT2D eigenvalue weighted by Gasteiger charge is 2.34. The van der Waals surface area contributed by atoms with Gasteiger partial charge in [-0.25, -0.2) is 5.90 Å². The molecule has 0 saturated carbocycles. The van der Waals surface area contributed by atoms with Gasteiger partial charge in [0.1, 0.15) is 0 Å². The standard InChI is InChI=1S/C11H13F3N2O/c1-16-9(6-17-15)4-7-2-3-8(5-10(7)16)11(12,13)14/h2-3,5,9H,4,6,15H2,1H3. The lowest BCUT2D eigenvalue weighted by molar-refractivity contribution is -0.137. The number of hydrogen-bond donors (Lipinski definition) is 1. The van der Waals surface area contributed by atoms with Gasteiger partial charge in [0, 0.05) is 12.7 Å². The molecule has 1 unspecified atom stereocenters. The van der Waals surface area contributed by atoms with E-state index in [9.17, 15) is 13.2 Å². The van der Waals surface area contributed by atoms with Crippen LogP contribution in [0.5, 0.6) is 0 Å². The third-order valence-corrected chi connectivity index (χ3v) is 3.08. The highest BCUT2D eigenvalue weighted by atomic mass is 19.4. The van der Waals surface area contributed by atoms with Crippen LogP contribution in [0, 0.1) is 0 Å². The van der Waals surface area contributed by atoms with Crippen LogP contribution < -0.4 is 10.8 Å². The fourth-order valence-electron chi connectivity index (χ4n) is 2.11. The summed E-state index contributed by atoms with van der Waals surface area (Å²) in [5, 5.41) is 0. The van der Waals surface area contributed by atoms with Crippen molar-refractivity contribution in [2.75, 3.05) is 18.6 Å². The largest absolute Gasteiger partial charge is 0.416 e. The minimum absolute atomic E-state index is 0.00140. The maximum Gasteiger partial charge on any atom is 0.416 e. The topological polar surface area (TPSA) is 38.5 Å². The van der Waals surface area contributed by atoms with Gasteiger partial charge in [0.2, 0.25) is 0 Å². The summed E-state index contributed by atoms with van der Waals surface area (Å²) in [7, 11) is 1.75.